The summed E-state index contributed by atoms with van der Waals surface area (Å²) in [7, 11) is -0.877. The van der Waals surface area contributed by atoms with Crippen LogP contribution >= 0.6 is 19.5 Å². The molecule has 2 nitrogen and oxygen atoms in total. The average Bonchev–Trinajstić information content (AvgIpc) is 3.30. The fraction of sp³-hybridized carbons (Fsp3) is 0. The van der Waals surface area contributed by atoms with Gasteiger partial charge < -0.3 is 0 Å². The fourth-order valence-corrected chi connectivity index (χ4v) is 5.39. The van der Waals surface area contributed by atoms with Gasteiger partial charge in [-0.25, -0.2) is 12.1 Å². The molecular weight excluding hydrogens is 454 g/mol. The van der Waals surface area contributed by atoms with Crippen molar-refractivity contribution >= 4 is 35.4 Å². The summed E-state index contributed by atoms with van der Waals surface area (Å²) in [6.45, 7) is 9.00. The third-order valence-corrected chi connectivity index (χ3v) is 6.79. The largest absolute Gasteiger partial charge is 0.102 e. The molecule has 0 aromatic heterocycles. The van der Waals surface area contributed by atoms with Gasteiger partial charge in [-0.2, -0.15) is 23.7 Å². The van der Waals surface area contributed by atoms with Gasteiger partial charge in [-0.05, 0) is 36.4 Å². The number of halogens is 1. The zero-order valence-corrected chi connectivity index (χ0v) is 19.0. The summed E-state index contributed by atoms with van der Waals surface area (Å²) in [5.74, 6) is 0. The van der Waals surface area contributed by atoms with Gasteiger partial charge in [-0.1, -0.05) is 59.6 Å². The van der Waals surface area contributed by atoms with Gasteiger partial charge >= 0.3 is 22.6 Å². The molecule has 0 saturated heterocycles. The topological polar surface area (TPSA) is 39.8 Å². The molecular formula is C25H20ClMnO2P. The Balaban J connectivity index is 0.000000647. The smallest absolute Gasteiger partial charge is 0.0620 e. The van der Waals surface area contributed by atoms with Crippen LogP contribution in [0.25, 0.3) is 0 Å². The van der Waals surface area contributed by atoms with Crippen LogP contribution in [0.1, 0.15) is 0 Å². The van der Waals surface area contributed by atoms with Crippen LogP contribution < -0.4 is 15.9 Å². The van der Waals surface area contributed by atoms with Crippen LogP contribution in [-0.4, -0.2) is 0 Å². The van der Waals surface area contributed by atoms with Crippen molar-refractivity contribution in [2.45, 2.75) is 0 Å². The minimum absolute atomic E-state index is 0. The Hall–Kier alpha value is -2.27. The van der Waals surface area contributed by atoms with Gasteiger partial charge in [-0.15, -0.1) is 0 Å². The maximum Gasteiger partial charge on any atom is 0.102 e. The standard InChI is InChI=1S/C18H15P.C5H4Cl.2CO.Mn/c1-4-10-16(11-5-1)19(17-12-6-2-7-13-17)18-14-8-3-9-15-18;6-5-3-1-2-4-5;2*1-2;/h1-15H;1-4H;;;/q;-1;;;/p+1. The Morgan fingerprint density at radius 2 is 0.800 bits per heavy atom. The Morgan fingerprint density at radius 3 is 1.00 bits per heavy atom. The molecule has 4 rings (SSSR count). The maximum absolute atomic E-state index is 7.50. The Morgan fingerprint density at radius 1 is 0.533 bits per heavy atom. The third-order valence-electron chi connectivity index (χ3n) is 3.81. The molecule has 4 aromatic rings. The van der Waals surface area contributed by atoms with E-state index < -0.39 is 7.92 Å². The molecule has 5 heteroatoms. The zero-order valence-electron chi connectivity index (χ0n) is 16.0. The SMILES string of the molecule is Cl[c-]1cccc1.[C-]#[O+].[C-]#[O+].[Mn].c1ccc([PH+](c2ccccc2)c2ccccc2)cc1. The normalized spacial score (nSPS) is 8.60. The summed E-state index contributed by atoms with van der Waals surface area (Å²) in [6, 6.07) is 40.0. The van der Waals surface area contributed by atoms with Crippen molar-refractivity contribution in [2.24, 2.45) is 0 Å². The van der Waals surface area contributed by atoms with Gasteiger partial charge in [0, 0.05) is 17.1 Å². The van der Waals surface area contributed by atoms with E-state index in [1.54, 1.807) is 0 Å². The van der Waals surface area contributed by atoms with E-state index in [2.05, 4.69) is 104 Å². The summed E-state index contributed by atoms with van der Waals surface area (Å²) in [4.78, 5) is 0. The molecule has 0 aliphatic carbocycles. The molecule has 0 atom stereocenters. The summed E-state index contributed by atoms with van der Waals surface area (Å²) < 4.78 is 15.0. The first-order valence-corrected chi connectivity index (χ1v) is 10.5. The van der Waals surface area contributed by atoms with E-state index in [0.717, 1.165) is 5.02 Å². The van der Waals surface area contributed by atoms with Crippen LogP contribution in [0.15, 0.2) is 115 Å². The average molecular weight is 474 g/mol. The van der Waals surface area contributed by atoms with Gasteiger partial charge in [0.05, 0.1) is 7.92 Å². The monoisotopic (exact) mass is 473 g/mol. The van der Waals surface area contributed by atoms with Crippen molar-refractivity contribution < 1.29 is 26.4 Å². The first-order chi connectivity index (χ1) is 14.3. The summed E-state index contributed by atoms with van der Waals surface area (Å²) in [6.07, 6.45) is 0. The molecule has 0 heterocycles. The number of benzene rings is 3. The van der Waals surface area contributed by atoms with Crippen LogP contribution in [0.5, 0.6) is 0 Å². The van der Waals surface area contributed by atoms with Crippen molar-refractivity contribution in [3.8, 4) is 0 Å². The second-order valence-electron chi connectivity index (χ2n) is 5.58. The van der Waals surface area contributed by atoms with Gasteiger partial charge in [0.15, 0.2) is 0 Å². The molecule has 0 saturated carbocycles. The van der Waals surface area contributed by atoms with Crippen molar-refractivity contribution in [1.82, 2.24) is 0 Å². The van der Waals surface area contributed by atoms with Crippen molar-refractivity contribution in [3.05, 3.63) is 134 Å². The Bertz CT molecular complexity index is 841. The summed E-state index contributed by atoms with van der Waals surface area (Å²) in [5, 5.41) is 5.12. The molecule has 0 amide bonds. The predicted molar refractivity (Wildman–Crippen MR) is 121 cm³/mol. The minimum atomic E-state index is -0.877. The van der Waals surface area contributed by atoms with Gasteiger partial charge in [-0.3, -0.25) is 0 Å². The minimum Gasteiger partial charge on any atom is -0.0620 e. The number of hydrogen-bond acceptors (Lipinski definition) is 0. The molecule has 0 N–H and O–H groups in total. The van der Waals surface area contributed by atoms with Crippen molar-refractivity contribution in [3.63, 3.8) is 0 Å². The second-order valence-corrected chi connectivity index (χ2v) is 8.49. The van der Waals surface area contributed by atoms with E-state index in [9.17, 15) is 0 Å². The molecule has 30 heavy (non-hydrogen) atoms. The maximum atomic E-state index is 7.50. The third kappa shape index (κ3) is 9.49. The molecule has 1 radical (unpaired) electrons. The molecule has 0 aliphatic heterocycles. The fourth-order valence-electron chi connectivity index (χ4n) is 2.66. The predicted octanol–water partition coefficient (Wildman–Crippen LogP) is 5.16. The van der Waals surface area contributed by atoms with Crippen LogP contribution in [0.3, 0.4) is 0 Å². The summed E-state index contributed by atoms with van der Waals surface area (Å²) in [5.41, 5.74) is 0. The molecule has 0 spiro atoms. The molecule has 0 bridgehead atoms. The molecule has 0 aliphatic rings. The van der Waals surface area contributed by atoms with E-state index in [1.165, 1.54) is 15.9 Å². The first kappa shape index (κ1) is 27.7. The van der Waals surface area contributed by atoms with Crippen LogP contribution in [0.2, 0.25) is 5.02 Å². The van der Waals surface area contributed by atoms with Crippen LogP contribution in [-0.2, 0) is 26.4 Å². The van der Waals surface area contributed by atoms with E-state index in [4.69, 9.17) is 20.9 Å². The van der Waals surface area contributed by atoms with Gasteiger partial charge in [0.25, 0.3) is 0 Å². The van der Waals surface area contributed by atoms with E-state index >= 15 is 0 Å². The molecule has 4 aromatic carbocycles. The van der Waals surface area contributed by atoms with Crippen LogP contribution in [0, 0.1) is 13.3 Å². The van der Waals surface area contributed by atoms with Crippen molar-refractivity contribution in [2.75, 3.05) is 0 Å². The van der Waals surface area contributed by atoms with E-state index in [-0.39, 0.29) is 17.1 Å². The number of rotatable bonds is 3. The number of hydrogen-bond donors (Lipinski definition) is 0. The Labute approximate surface area is 194 Å². The van der Waals surface area contributed by atoms with E-state index in [1.807, 2.05) is 24.3 Å². The molecule has 0 unspecified atom stereocenters. The van der Waals surface area contributed by atoms with Gasteiger partial charge in [0.2, 0.25) is 0 Å². The second kappa shape index (κ2) is 17.6. The van der Waals surface area contributed by atoms with E-state index in [0.29, 0.717) is 0 Å². The summed E-state index contributed by atoms with van der Waals surface area (Å²) >= 11 is 5.46. The Kier molecular flexibility index (Phi) is 16.2. The zero-order chi connectivity index (χ0) is 21.3. The molecule has 151 valence electrons. The molecule has 0 fully saturated rings. The first-order valence-electron chi connectivity index (χ1n) is 8.66. The van der Waals surface area contributed by atoms with Crippen molar-refractivity contribution in [1.29, 1.82) is 0 Å². The quantitative estimate of drug-likeness (QED) is 0.171. The van der Waals surface area contributed by atoms with Crippen LogP contribution in [0.4, 0.5) is 0 Å². The van der Waals surface area contributed by atoms with Gasteiger partial charge in [0.1, 0.15) is 15.9 Å².